The van der Waals surface area contributed by atoms with Gasteiger partial charge in [-0.3, -0.25) is 0 Å². The van der Waals surface area contributed by atoms with Crippen LogP contribution in [0.3, 0.4) is 0 Å². The maximum atomic E-state index is 8.58. The van der Waals surface area contributed by atoms with Crippen LogP contribution in [0, 0.1) is 17.9 Å². The van der Waals surface area contributed by atoms with E-state index in [1.165, 1.54) is 0 Å². The normalized spacial score (nSPS) is 10.4. The molecule has 0 heterocycles. The number of hydrogen-bond acceptors (Lipinski definition) is 3. The number of oxime groups is 1. The first-order valence-corrected chi connectivity index (χ1v) is 5.96. The van der Waals surface area contributed by atoms with Gasteiger partial charge in [-0.05, 0) is 11.1 Å². The fourth-order valence-electron chi connectivity index (χ4n) is 1.77. The van der Waals surface area contributed by atoms with Crippen molar-refractivity contribution in [1.82, 2.24) is 0 Å². The Balaban J connectivity index is 2.20. The highest BCUT2D eigenvalue weighted by Crippen LogP contribution is 2.23. The highest BCUT2D eigenvalue weighted by Gasteiger charge is 2.06. The van der Waals surface area contributed by atoms with Crippen molar-refractivity contribution in [3.05, 3.63) is 71.6 Å². The maximum absolute atomic E-state index is 8.58. The topological polar surface area (TPSA) is 49.7 Å². The Morgan fingerprint density at radius 3 is 2.55 bits per heavy atom. The second kappa shape index (κ2) is 6.72. The van der Waals surface area contributed by atoms with E-state index in [9.17, 15) is 0 Å². The van der Waals surface area contributed by atoms with E-state index in [-0.39, 0.29) is 12.4 Å². The van der Waals surface area contributed by atoms with E-state index in [2.05, 4.69) is 10.0 Å². The Bertz CT molecular complexity index is 678. The monoisotopic (exact) mass is 261 g/mol. The van der Waals surface area contributed by atoms with Crippen molar-refractivity contribution in [1.29, 1.82) is 5.26 Å². The summed E-state index contributed by atoms with van der Waals surface area (Å²) in [7, 11) is 0. The number of benzene rings is 2. The van der Waals surface area contributed by atoms with Crippen LogP contribution in [0.4, 0.5) is 0 Å². The zero-order valence-electron chi connectivity index (χ0n) is 10.7. The molecule has 0 saturated heterocycles. The molecule has 0 aliphatic heterocycles. The summed E-state index contributed by atoms with van der Waals surface area (Å²) in [5.41, 5.74) is 3.08. The molecule has 0 amide bonds. The van der Waals surface area contributed by atoms with Crippen LogP contribution in [0.2, 0.25) is 0 Å². The molecule has 0 aliphatic rings. The molecule has 4 nitrogen and oxygen atoms in total. The van der Waals surface area contributed by atoms with E-state index < -0.39 is 0 Å². The van der Waals surface area contributed by atoms with Crippen molar-refractivity contribution in [2.75, 3.05) is 0 Å². The fraction of sp³-hybridized carbons (Fsp3) is 0.0625. The SMILES string of the molecule is [C-]#[N+]/C(C#N)=N/OCc1ccccc1-c1ccccc1. The lowest BCUT2D eigenvalue weighted by molar-refractivity contribution is 0.131. The largest absolute Gasteiger partial charge is 0.392 e. The van der Waals surface area contributed by atoms with Crippen molar-refractivity contribution in [3.8, 4) is 17.2 Å². The third-order valence-electron chi connectivity index (χ3n) is 2.68. The first kappa shape index (κ1) is 13.3. The van der Waals surface area contributed by atoms with Gasteiger partial charge in [0, 0.05) is 5.56 Å². The summed E-state index contributed by atoms with van der Waals surface area (Å²) in [6, 6.07) is 19.4. The molecule has 0 unspecified atom stereocenters. The minimum atomic E-state index is -0.304. The molecule has 0 saturated carbocycles. The lowest BCUT2D eigenvalue weighted by Gasteiger charge is -2.07. The molecule has 20 heavy (non-hydrogen) atoms. The molecule has 0 spiro atoms. The average molecular weight is 261 g/mol. The second-order valence-electron chi connectivity index (χ2n) is 3.94. The molecule has 0 N–H and O–H groups in total. The maximum Gasteiger partial charge on any atom is 0.392 e. The molecule has 4 heteroatoms. The summed E-state index contributed by atoms with van der Waals surface area (Å²) in [6.45, 7) is 6.93. The van der Waals surface area contributed by atoms with Crippen molar-refractivity contribution >= 4 is 5.84 Å². The fourth-order valence-corrected chi connectivity index (χ4v) is 1.77. The van der Waals surface area contributed by atoms with Crippen LogP contribution in [-0.4, -0.2) is 5.84 Å². The Kier molecular flexibility index (Phi) is 4.48. The second-order valence-corrected chi connectivity index (χ2v) is 3.94. The third-order valence-corrected chi connectivity index (χ3v) is 2.68. The summed E-state index contributed by atoms with van der Waals surface area (Å²) in [6.07, 6.45) is 0. The molecule has 2 aromatic rings. The van der Waals surface area contributed by atoms with Gasteiger partial charge in [-0.15, -0.1) is 0 Å². The summed E-state index contributed by atoms with van der Waals surface area (Å²) in [5.74, 6) is -0.304. The first-order chi connectivity index (χ1) is 9.85. The Hall–Kier alpha value is -3.11. The number of nitrogens with zero attached hydrogens (tertiary/aromatic N) is 3. The van der Waals surface area contributed by atoms with Crippen LogP contribution in [0.25, 0.3) is 16.0 Å². The predicted molar refractivity (Wildman–Crippen MR) is 76.3 cm³/mol. The molecule has 0 bridgehead atoms. The van der Waals surface area contributed by atoms with E-state index in [0.29, 0.717) is 0 Å². The van der Waals surface area contributed by atoms with Crippen molar-refractivity contribution in [2.45, 2.75) is 6.61 Å². The minimum Gasteiger partial charge on any atom is -0.348 e. The summed E-state index contributed by atoms with van der Waals surface area (Å²) < 4.78 is 0. The smallest absolute Gasteiger partial charge is 0.348 e. The van der Waals surface area contributed by atoms with E-state index >= 15 is 0 Å². The molecule has 0 atom stereocenters. The minimum absolute atomic E-state index is 0.214. The molecule has 0 aromatic heterocycles. The first-order valence-electron chi connectivity index (χ1n) is 5.96. The molecule has 0 radical (unpaired) electrons. The average Bonchev–Trinajstić information content (AvgIpc) is 2.53. The molecular formula is C16H11N3O. The van der Waals surface area contributed by atoms with Crippen LogP contribution >= 0.6 is 0 Å². The number of hydrogen-bond donors (Lipinski definition) is 0. The van der Waals surface area contributed by atoms with Crippen LogP contribution in [0.1, 0.15) is 5.56 Å². The Morgan fingerprint density at radius 2 is 1.85 bits per heavy atom. The number of amidine groups is 1. The van der Waals surface area contributed by atoms with Gasteiger partial charge < -0.3 is 9.68 Å². The van der Waals surface area contributed by atoms with Gasteiger partial charge in [0.1, 0.15) is 6.07 Å². The molecule has 2 rings (SSSR count). The third kappa shape index (κ3) is 3.22. The molecule has 0 aliphatic carbocycles. The molecule has 2 aromatic carbocycles. The van der Waals surface area contributed by atoms with Gasteiger partial charge in [0.2, 0.25) is 0 Å². The van der Waals surface area contributed by atoms with Crippen molar-refractivity contribution in [2.24, 2.45) is 5.16 Å². The van der Waals surface area contributed by atoms with E-state index in [1.54, 1.807) is 6.07 Å². The van der Waals surface area contributed by atoms with Gasteiger partial charge in [-0.25, -0.2) is 5.26 Å². The van der Waals surface area contributed by atoms with Gasteiger partial charge in [0.05, 0.1) is 5.16 Å². The Morgan fingerprint density at radius 1 is 1.15 bits per heavy atom. The number of rotatable bonds is 4. The van der Waals surface area contributed by atoms with Gasteiger partial charge in [0.25, 0.3) is 0 Å². The van der Waals surface area contributed by atoms with E-state index in [4.69, 9.17) is 16.7 Å². The summed E-state index contributed by atoms with van der Waals surface area (Å²) >= 11 is 0. The van der Waals surface area contributed by atoms with Crippen LogP contribution in [0.15, 0.2) is 59.8 Å². The highest BCUT2D eigenvalue weighted by atomic mass is 16.6. The lowest BCUT2D eigenvalue weighted by atomic mass is 10.0. The van der Waals surface area contributed by atoms with Gasteiger partial charge in [-0.1, -0.05) is 61.2 Å². The summed E-state index contributed by atoms with van der Waals surface area (Å²) in [5, 5.41) is 12.1. The zero-order chi connectivity index (χ0) is 14.2. The molecular weight excluding hydrogens is 250 g/mol. The van der Waals surface area contributed by atoms with E-state index in [1.807, 2.05) is 54.6 Å². The number of nitriles is 1. The standard InChI is InChI=1S/C16H11N3O/c1-18-16(11-17)19-20-12-14-9-5-6-10-15(14)13-7-3-2-4-8-13/h2-10H,12H2/b19-16+. The Labute approximate surface area is 117 Å². The summed E-state index contributed by atoms with van der Waals surface area (Å²) in [4.78, 5) is 8.01. The molecule has 96 valence electrons. The highest BCUT2D eigenvalue weighted by molar-refractivity contribution is 6.03. The lowest BCUT2D eigenvalue weighted by Crippen LogP contribution is -1.94. The van der Waals surface area contributed by atoms with Crippen molar-refractivity contribution < 1.29 is 4.84 Å². The quantitative estimate of drug-likeness (QED) is 0.365. The zero-order valence-corrected chi connectivity index (χ0v) is 10.7. The van der Waals surface area contributed by atoms with Gasteiger partial charge in [-0.2, -0.15) is 0 Å². The van der Waals surface area contributed by atoms with Gasteiger partial charge >= 0.3 is 5.84 Å². The van der Waals surface area contributed by atoms with Gasteiger partial charge in [0.15, 0.2) is 6.61 Å². The van der Waals surface area contributed by atoms with Crippen LogP contribution in [0.5, 0.6) is 0 Å². The van der Waals surface area contributed by atoms with Crippen LogP contribution in [-0.2, 0) is 11.4 Å². The van der Waals surface area contributed by atoms with Crippen molar-refractivity contribution in [3.63, 3.8) is 0 Å². The van der Waals surface area contributed by atoms with E-state index in [0.717, 1.165) is 16.7 Å². The van der Waals surface area contributed by atoms with Crippen LogP contribution < -0.4 is 0 Å². The molecule has 0 fully saturated rings. The predicted octanol–water partition coefficient (Wildman–Crippen LogP) is 3.63.